The summed E-state index contributed by atoms with van der Waals surface area (Å²) in [4.78, 5) is 30.3. The Morgan fingerprint density at radius 1 is 1.25 bits per heavy atom. The van der Waals surface area contributed by atoms with Gasteiger partial charge in [-0.1, -0.05) is 12.1 Å². The van der Waals surface area contributed by atoms with Crippen molar-refractivity contribution in [2.24, 2.45) is 7.05 Å². The lowest BCUT2D eigenvalue weighted by Crippen LogP contribution is -2.25. The number of carbonyl (C=O) groups is 1. The lowest BCUT2D eigenvalue weighted by molar-refractivity contribution is 0.0957. The van der Waals surface area contributed by atoms with Crippen LogP contribution in [0.1, 0.15) is 20.8 Å². The van der Waals surface area contributed by atoms with E-state index in [4.69, 9.17) is 0 Å². The van der Waals surface area contributed by atoms with Crippen LogP contribution >= 0.6 is 11.3 Å². The normalized spacial score (nSPS) is 11.1. The molecule has 0 unspecified atom stereocenters. The van der Waals surface area contributed by atoms with Gasteiger partial charge in [0.05, 0.1) is 22.3 Å². The van der Waals surface area contributed by atoms with Gasteiger partial charge in [-0.05, 0) is 42.7 Å². The Morgan fingerprint density at radius 3 is 2.75 bits per heavy atom. The third-order valence-corrected chi connectivity index (χ3v) is 5.82. The molecule has 3 aromatic heterocycles. The second kappa shape index (κ2) is 7.40. The molecule has 1 aromatic carbocycles. The molecule has 0 atom stereocenters. The van der Waals surface area contributed by atoms with Crippen LogP contribution < -0.4 is 10.9 Å². The minimum Gasteiger partial charge on any atom is -0.351 e. The largest absolute Gasteiger partial charge is 0.351 e. The summed E-state index contributed by atoms with van der Waals surface area (Å²) in [7, 11) is 1.66. The highest BCUT2D eigenvalue weighted by Gasteiger charge is 2.18. The summed E-state index contributed by atoms with van der Waals surface area (Å²) in [5.41, 5.74) is 2.68. The average Bonchev–Trinajstić information content (AvgIpc) is 3.34. The van der Waals surface area contributed by atoms with E-state index in [0.717, 1.165) is 17.7 Å². The van der Waals surface area contributed by atoms with Crippen molar-refractivity contribution >= 4 is 27.5 Å². The van der Waals surface area contributed by atoms with E-state index in [2.05, 4.69) is 15.4 Å². The SMILES string of the molecule is Cc1c(C(=O)NCCc2ccc(-n3cccn3)cc2)sc2ncn(C)c(=O)c12. The maximum absolute atomic E-state index is 12.6. The third-order valence-electron chi connectivity index (χ3n) is 4.62. The molecule has 0 radical (unpaired) electrons. The van der Waals surface area contributed by atoms with Crippen molar-refractivity contribution in [3.05, 3.63) is 75.4 Å². The Balaban J connectivity index is 1.42. The molecule has 0 aliphatic rings. The highest BCUT2D eigenvalue weighted by atomic mass is 32.1. The molecule has 0 fully saturated rings. The van der Waals surface area contributed by atoms with E-state index < -0.39 is 0 Å². The zero-order chi connectivity index (χ0) is 19.7. The van der Waals surface area contributed by atoms with Crippen LogP contribution in [-0.4, -0.2) is 31.8 Å². The summed E-state index contributed by atoms with van der Waals surface area (Å²) in [5.74, 6) is -0.171. The number of nitrogens with one attached hydrogen (secondary N) is 1. The van der Waals surface area contributed by atoms with Gasteiger partial charge in [0.25, 0.3) is 11.5 Å². The zero-order valence-corrected chi connectivity index (χ0v) is 16.4. The van der Waals surface area contributed by atoms with Crippen molar-refractivity contribution in [3.8, 4) is 5.69 Å². The minimum absolute atomic E-state index is 0.130. The lowest BCUT2D eigenvalue weighted by Gasteiger charge is -2.06. The van der Waals surface area contributed by atoms with Crippen molar-refractivity contribution < 1.29 is 4.79 Å². The van der Waals surface area contributed by atoms with Crippen LogP contribution in [0.4, 0.5) is 0 Å². The number of aryl methyl sites for hydroxylation is 2. The highest BCUT2D eigenvalue weighted by molar-refractivity contribution is 7.20. The van der Waals surface area contributed by atoms with Crippen LogP contribution in [0.2, 0.25) is 0 Å². The molecule has 8 heteroatoms. The summed E-state index contributed by atoms with van der Waals surface area (Å²) in [5, 5.41) is 7.67. The van der Waals surface area contributed by atoms with Crippen molar-refractivity contribution in [2.75, 3.05) is 6.54 Å². The van der Waals surface area contributed by atoms with Gasteiger partial charge in [-0.25, -0.2) is 9.67 Å². The Labute approximate surface area is 165 Å². The predicted octanol–water partition coefficient (Wildman–Crippen LogP) is 2.46. The summed E-state index contributed by atoms with van der Waals surface area (Å²) in [6.45, 7) is 2.31. The van der Waals surface area contributed by atoms with Crippen molar-refractivity contribution in [1.29, 1.82) is 0 Å². The van der Waals surface area contributed by atoms with Gasteiger partial charge < -0.3 is 9.88 Å². The fourth-order valence-corrected chi connectivity index (χ4v) is 4.12. The number of thiophene rings is 1. The number of aromatic nitrogens is 4. The summed E-state index contributed by atoms with van der Waals surface area (Å²) in [6.07, 6.45) is 5.83. The van der Waals surface area contributed by atoms with Crippen LogP contribution in [0.3, 0.4) is 0 Å². The van der Waals surface area contributed by atoms with Crippen LogP contribution in [0.25, 0.3) is 15.9 Å². The van der Waals surface area contributed by atoms with E-state index in [-0.39, 0.29) is 11.5 Å². The first-order valence-corrected chi connectivity index (χ1v) is 9.68. The standard InChI is InChI=1S/C20H19N5O2S/c1-13-16-19(22-12-24(2)20(16)27)28-17(13)18(26)21-10-8-14-4-6-15(7-5-14)25-11-3-9-23-25/h3-7,9,11-12H,8,10H2,1-2H3,(H,21,26). The van der Waals surface area contributed by atoms with Crippen molar-refractivity contribution in [1.82, 2.24) is 24.6 Å². The molecule has 142 valence electrons. The molecule has 7 nitrogen and oxygen atoms in total. The number of nitrogens with zero attached hydrogens (tertiary/aromatic N) is 4. The molecule has 4 rings (SSSR count). The number of fused-ring (bicyclic) bond motifs is 1. The highest BCUT2D eigenvalue weighted by Crippen LogP contribution is 2.26. The second-order valence-corrected chi connectivity index (χ2v) is 7.52. The number of benzene rings is 1. The first-order chi connectivity index (χ1) is 13.5. The summed E-state index contributed by atoms with van der Waals surface area (Å²) in [6, 6.07) is 9.94. The molecule has 0 spiro atoms. The number of rotatable bonds is 5. The van der Waals surface area contributed by atoms with E-state index >= 15 is 0 Å². The van der Waals surface area contributed by atoms with Gasteiger partial charge in [-0.3, -0.25) is 9.59 Å². The maximum Gasteiger partial charge on any atom is 0.262 e. The van der Waals surface area contributed by atoms with Crippen LogP contribution in [-0.2, 0) is 13.5 Å². The van der Waals surface area contributed by atoms with Crippen LogP contribution in [0, 0.1) is 6.92 Å². The van der Waals surface area contributed by atoms with E-state index in [1.165, 1.54) is 22.2 Å². The molecule has 0 aliphatic heterocycles. The maximum atomic E-state index is 12.6. The Hall–Kier alpha value is -3.26. The van der Waals surface area contributed by atoms with Crippen LogP contribution in [0.5, 0.6) is 0 Å². The van der Waals surface area contributed by atoms with E-state index in [1.54, 1.807) is 24.9 Å². The van der Waals surface area contributed by atoms with Gasteiger partial charge in [-0.15, -0.1) is 11.3 Å². The zero-order valence-electron chi connectivity index (χ0n) is 15.5. The third kappa shape index (κ3) is 3.34. The van der Waals surface area contributed by atoms with Gasteiger partial charge in [0, 0.05) is 26.0 Å². The topological polar surface area (TPSA) is 81.8 Å². The minimum atomic E-state index is -0.171. The van der Waals surface area contributed by atoms with Crippen molar-refractivity contribution in [2.45, 2.75) is 13.3 Å². The van der Waals surface area contributed by atoms with Gasteiger partial charge in [-0.2, -0.15) is 5.10 Å². The number of hydrogen-bond donors (Lipinski definition) is 1. The van der Waals surface area contributed by atoms with Gasteiger partial charge in [0.1, 0.15) is 4.83 Å². The molecule has 1 N–H and O–H groups in total. The number of carbonyl (C=O) groups excluding carboxylic acids is 1. The number of hydrogen-bond acceptors (Lipinski definition) is 5. The van der Waals surface area contributed by atoms with E-state index in [1.807, 2.05) is 36.5 Å². The van der Waals surface area contributed by atoms with Crippen molar-refractivity contribution in [3.63, 3.8) is 0 Å². The van der Waals surface area contributed by atoms with E-state index in [9.17, 15) is 9.59 Å². The monoisotopic (exact) mass is 393 g/mol. The van der Waals surface area contributed by atoms with Gasteiger partial charge in [0.15, 0.2) is 0 Å². The molecule has 28 heavy (non-hydrogen) atoms. The fraction of sp³-hybridized carbons (Fsp3) is 0.200. The second-order valence-electron chi connectivity index (χ2n) is 6.52. The number of amides is 1. The van der Waals surface area contributed by atoms with Gasteiger partial charge in [0.2, 0.25) is 0 Å². The Kier molecular flexibility index (Phi) is 4.79. The molecule has 0 aliphatic carbocycles. The smallest absolute Gasteiger partial charge is 0.262 e. The summed E-state index contributed by atoms with van der Waals surface area (Å²) < 4.78 is 3.23. The molecular weight excluding hydrogens is 374 g/mol. The molecule has 1 amide bonds. The molecule has 3 heterocycles. The van der Waals surface area contributed by atoms with E-state index in [0.29, 0.717) is 27.2 Å². The fourth-order valence-electron chi connectivity index (χ4n) is 3.06. The Bertz CT molecular complexity index is 1190. The van der Waals surface area contributed by atoms with Gasteiger partial charge >= 0.3 is 0 Å². The first-order valence-electron chi connectivity index (χ1n) is 8.86. The molecule has 4 aromatic rings. The summed E-state index contributed by atoms with van der Waals surface area (Å²) >= 11 is 1.26. The molecule has 0 saturated carbocycles. The first kappa shape index (κ1) is 18.1. The van der Waals surface area contributed by atoms with Crippen LogP contribution in [0.15, 0.2) is 53.8 Å². The average molecular weight is 393 g/mol. The molecule has 0 bridgehead atoms. The quantitative estimate of drug-likeness (QED) is 0.565. The Morgan fingerprint density at radius 2 is 2.04 bits per heavy atom. The predicted molar refractivity (Wildman–Crippen MR) is 109 cm³/mol. The molecule has 0 saturated heterocycles. The molecular formula is C20H19N5O2S. The lowest BCUT2D eigenvalue weighted by atomic mass is 10.1.